The molecule has 1 saturated heterocycles. The lowest BCUT2D eigenvalue weighted by Gasteiger charge is -2.31. The Morgan fingerprint density at radius 2 is 2.04 bits per heavy atom. The van der Waals surface area contributed by atoms with E-state index in [1.807, 2.05) is 19.3 Å². The smallest absolute Gasteiger partial charge is 0.250 e. The van der Waals surface area contributed by atoms with Gasteiger partial charge in [0, 0.05) is 31.5 Å². The molecule has 1 N–H and O–H groups in total. The van der Waals surface area contributed by atoms with Gasteiger partial charge in [-0.2, -0.15) is 5.10 Å². The monoisotopic (exact) mass is 310 g/mol. The van der Waals surface area contributed by atoms with Crippen LogP contribution in [0.1, 0.15) is 30.4 Å². The van der Waals surface area contributed by atoms with Gasteiger partial charge in [0.2, 0.25) is 0 Å². The van der Waals surface area contributed by atoms with Gasteiger partial charge < -0.3 is 5.32 Å². The van der Waals surface area contributed by atoms with Crippen molar-refractivity contribution >= 4 is 17.4 Å². The van der Waals surface area contributed by atoms with Crippen LogP contribution in [0.2, 0.25) is 0 Å². The van der Waals surface area contributed by atoms with Crippen molar-refractivity contribution in [2.75, 3.05) is 16.8 Å². The number of carbonyl (C=O) groups is 1. The third kappa shape index (κ3) is 2.71. The van der Waals surface area contributed by atoms with Gasteiger partial charge in [-0.05, 0) is 55.4 Å². The van der Waals surface area contributed by atoms with Crippen LogP contribution in [-0.4, -0.2) is 28.3 Å². The number of hydrogen-bond acceptors (Lipinski definition) is 3. The average Bonchev–Trinajstić information content (AvgIpc) is 3.17. The zero-order valence-corrected chi connectivity index (χ0v) is 13.5. The Bertz CT molecular complexity index is 736. The Labute approximate surface area is 136 Å². The molecule has 1 amide bonds. The summed E-state index contributed by atoms with van der Waals surface area (Å²) in [5.41, 5.74) is 3.95. The molecule has 5 nitrogen and oxygen atoms in total. The molecule has 1 aliphatic carbocycles. The lowest BCUT2D eigenvalue weighted by Crippen LogP contribution is -2.48. The Hall–Kier alpha value is -2.30. The van der Waals surface area contributed by atoms with Gasteiger partial charge >= 0.3 is 0 Å². The minimum Gasteiger partial charge on any atom is -0.374 e. The van der Waals surface area contributed by atoms with Gasteiger partial charge in [0.05, 0.1) is 0 Å². The quantitative estimate of drug-likeness (QED) is 0.948. The van der Waals surface area contributed by atoms with E-state index in [1.165, 1.54) is 24.0 Å². The van der Waals surface area contributed by atoms with E-state index in [0.29, 0.717) is 0 Å². The summed E-state index contributed by atoms with van der Waals surface area (Å²) in [5, 5.41) is 7.81. The van der Waals surface area contributed by atoms with Gasteiger partial charge in [-0.15, -0.1) is 0 Å². The summed E-state index contributed by atoms with van der Waals surface area (Å²) in [7, 11) is 1.87. The van der Waals surface area contributed by atoms with E-state index in [4.69, 9.17) is 0 Å². The molecule has 1 aromatic carbocycles. The lowest BCUT2D eigenvalue weighted by atomic mass is 10.0. The summed E-state index contributed by atoms with van der Waals surface area (Å²) in [5.74, 6) is 0.869. The SMILES string of the molecule is Cn1ccc(N2CCC[C@H](Nc3ccc4c(c3)CCC4)C2=O)n1. The fourth-order valence-electron chi connectivity index (χ4n) is 3.65. The minimum absolute atomic E-state index is 0.121. The third-order valence-electron chi connectivity index (χ3n) is 4.85. The van der Waals surface area contributed by atoms with Crippen LogP contribution < -0.4 is 10.2 Å². The summed E-state index contributed by atoms with van der Waals surface area (Å²) in [6.45, 7) is 0.748. The summed E-state index contributed by atoms with van der Waals surface area (Å²) < 4.78 is 1.74. The van der Waals surface area contributed by atoms with Crippen LogP contribution in [-0.2, 0) is 24.7 Å². The number of benzene rings is 1. The Morgan fingerprint density at radius 1 is 1.17 bits per heavy atom. The molecule has 2 aromatic rings. The van der Waals surface area contributed by atoms with Crippen molar-refractivity contribution in [2.24, 2.45) is 7.05 Å². The molecular formula is C18H22N4O. The zero-order valence-electron chi connectivity index (χ0n) is 13.5. The number of rotatable bonds is 3. The predicted octanol–water partition coefficient (Wildman–Crippen LogP) is 2.52. The summed E-state index contributed by atoms with van der Waals surface area (Å²) >= 11 is 0. The molecule has 23 heavy (non-hydrogen) atoms. The number of amides is 1. The molecule has 1 aromatic heterocycles. The van der Waals surface area contributed by atoms with Gasteiger partial charge in [-0.1, -0.05) is 6.07 Å². The van der Waals surface area contributed by atoms with Crippen molar-refractivity contribution < 1.29 is 4.79 Å². The first kappa shape index (κ1) is 14.3. The van der Waals surface area contributed by atoms with Crippen molar-refractivity contribution in [2.45, 2.75) is 38.1 Å². The van der Waals surface area contributed by atoms with E-state index in [1.54, 1.807) is 9.58 Å². The average molecular weight is 310 g/mol. The zero-order chi connectivity index (χ0) is 15.8. The molecule has 1 atom stereocenters. The number of nitrogens with one attached hydrogen (secondary N) is 1. The van der Waals surface area contributed by atoms with Crippen LogP contribution in [0.5, 0.6) is 0 Å². The van der Waals surface area contributed by atoms with Crippen molar-refractivity contribution in [3.05, 3.63) is 41.6 Å². The van der Waals surface area contributed by atoms with Crippen LogP contribution in [0.15, 0.2) is 30.5 Å². The fraction of sp³-hybridized carbons (Fsp3) is 0.444. The maximum atomic E-state index is 12.8. The van der Waals surface area contributed by atoms with Crippen LogP contribution in [0.4, 0.5) is 11.5 Å². The molecule has 0 unspecified atom stereocenters. The number of aryl methyl sites for hydroxylation is 3. The number of hydrogen-bond donors (Lipinski definition) is 1. The van der Waals surface area contributed by atoms with Gasteiger partial charge in [0.15, 0.2) is 5.82 Å². The van der Waals surface area contributed by atoms with E-state index in [0.717, 1.165) is 37.3 Å². The molecule has 0 spiro atoms. The molecule has 1 fully saturated rings. The number of fused-ring (bicyclic) bond motifs is 1. The highest BCUT2D eigenvalue weighted by molar-refractivity contribution is 5.98. The molecule has 0 radical (unpaired) electrons. The molecule has 2 aliphatic rings. The van der Waals surface area contributed by atoms with Crippen LogP contribution >= 0.6 is 0 Å². The van der Waals surface area contributed by atoms with Gasteiger partial charge in [0.25, 0.3) is 5.91 Å². The number of nitrogens with zero attached hydrogens (tertiary/aromatic N) is 3. The molecule has 1 aliphatic heterocycles. The van der Waals surface area contributed by atoms with Crippen LogP contribution in [0.25, 0.3) is 0 Å². The highest BCUT2D eigenvalue weighted by Crippen LogP contribution is 2.27. The second-order valence-corrected chi connectivity index (χ2v) is 6.51. The fourth-order valence-corrected chi connectivity index (χ4v) is 3.65. The Kier molecular flexibility index (Phi) is 3.56. The van der Waals surface area contributed by atoms with Crippen LogP contribution in [0, 0.1) is 0 Å². The highest BCUT2D eigenvalue weighted by Gasteiger charge is 2.30. The van der Waals surface area contributed by atoms with Gasteiger partial charge in [0.1, 0.15) is 6.04 Å². The standard InChI is InChI=1S/C18H22N4O/c1-21-11-9-17(20-21)22-10-3-6-16(18(22)23)19-15-8-7-13-4-2-5-14(13)12-15/h7-9,11-12,16,19H,2-6,10H2,1H3/t16-/m0/s1. The van der Waals surface area contributed by atoms with E-state index >= 15 is 0 Å². The minimum atomic E-state index is -0.162. The second-order valence-electron chi connectivity index (χ2n) is 6.51. The third-order valence-corrected chi connectivity index (χ3v) is 4.85. The van der Waals surface area contributed by atoms with Crippen molar-refractivity contribution in [1.82, 2.24) is 9.78 Å². The largest absolute Gasteiger partial charge is 0.374 e. The Morgan fingerprint density at radius 3 is 2.87 bits per heavy atom. The first-order chi connectivity index (χ1) is 11.2. The molecule has 120 valence electrons. The second kappa shape index (κ2) is 5.72. The van der Waals surface area contributed by atoms with Crippen molar-refractivity contribution in [3.63, 3.8) is 0 Å². The van der Waals surface area contributed by atoms with E-state index in [-0.39, 0.29) is 11.9 Å². The summed E-state index contributed by atoms with van der Waals surface area (Å²) in [6, 6.07) is 8.27. The Balaban J connectivity index is 1.51. The van der Waals surface area contributed by atoms with Crippen LogP contribution in [0.3, 0.4) is 0 Å². The van der Waals surface area contributed by atoms with Gasteiger partial charge in [-0.3, -0.25) is 14.4 Å². The number of aromatic nitrogens is 2. The normalized spacial score (nSPS) is 20.7. The number of anilines is 2. The first-order valence-corrected chi connectivity index (χ1v) is 8.40. The number of carbonyl (C=O) groups excluding carboxylic acids is 1. The van der Waals surface area contributed by atoms with E-state index in [9.17, 15) is 4.79 Å². The topological polar surface area (TPSA) is 50.2 Å². The summed E-state index contributed by atoms with van der Waals surface area (Å²) in [4.78, 5) is 14.6. The maximum absolute atomic E-state index is 12.8. The molecule has 4 rings (SSSR count). The maximum Gasteiger partial charge on any atom is 0.250 e. The lowest BCUT2D eigenvalue weighted by molar-refractivity contribution is -0.120. The predicted molar refractivity (Wildman–Crippen MR) is 90.7 cm³/mol. The van der Waals surface area contributed by atoms with Crippen molar-refractivity contribution in [3.8, 4) is 0 Å². The molecule has 0 bridgehead atoms. The van der Waals surface area contributed by atoms with Gasteiger partial charge in [-0.25, -0.2) is 0 Å². The van der Waals surface area contributed by atoms with Crippen molar-refractivity contribution in [1.29, 1.82) is 0 Å². The first-order valence-electron chi connectivity index (χ1n) is 8.40. The molecule has 5 heteroatoms. The van der Waals surface area contributed by atoms with E-state index in [2.05, 4.69) is 28.6 Å². The molecule has 2 heterocycles. The highest BCUT2D eigenvalue weighted by atomic mass is 16.2. The molecule has 0 saturated carbocycles. The summed E-state index contributed by atoms with van der Waals surface area (Å²) in [6.07, 6.45) is 7.33. The molecular weight excluding hydrogens is 288 g/mol. The van der Waals surface area contributed by atoms with E-state index < -0.39 is 0 Å². The number of piperidine rings is 1.